The molecule has 2 rings (SSSR count). The Balaban J connectivity index is 2.04. The number of benzene rings is 2. The quantitative estimate of drug-likeness (QED) is 0.785. The zero-order valence-corrected chi connectivity index (χ0v) is 13.1. The van der Waals surface area contributed by atoms with Gasteiger partial charge < -0.3 is 5.32 Å². The minimum atomic E-state index is 0.273. The Morgan fingerprint density at radius 2 is 1.60 bits per heavy atom. The van der Waals surface area contributed by atoms with Crippen LogP contribution in [0.25, 0.3) is 0 Å². The zero-order valence-electron chi connectivity index (χ0n) is 12.4. The summed E-state index contributed by atoms with van der Waals surface area (Å²) < 4.78 is 0. The van der Waals surface area contributed by atoms with Crippen molar-refractivity contribution in [1.82, 2.24) is 5.32 Å². The smallest absolute Gasteiger partial charge is 0.0409 e. The summed E-state index contributed by atoms with van der Waals surface area (Å²) in [6, 6.07) is 17.4. The fourth-order valence-electron chi connectivity index (χ4n) is 2.39. The second kappa shape index (κ2) is 6.92. The van der Waals surface area contributed by atoms with Gasteiger partial charge >= 0.3 is 0 Å². The Kier molecular flexibility index (Phi) is 5.22. The molecule has 0 aliphatic rings. The molecule has 106 valence electrons. The predicted octanol–water partition coefficient (Wildman–Crippen LogP) is 5.31. The normalized spacial score (nSPS) is 14.0. The lowest BCUT2D eigenvalue weighted by Crippen LogP contribution is -2.22. The summed E-state index contributed by atoms with van der Waals surface area (Å²) >= 11 is 6.05. The fourth-order valence-corrected chi connectivity index (χ4v) is 2.58. The molecule has 0 spiro atoms. The van der Waals surface area contributed by atoms with Crippen molar-refractivity contribution in [3.63, 3.8) is 0 Å². The van der Waals surface area contributed by atoms with E-state index < -0.39 is 0 Å². The molecular formula is C18H22ClN. The molecule has 0 bridgehead atoms. The highest BCUT2D eigenvalue weighted by Gasteiger charge is 2.11. The van der Waals surface area contributed by atoms with Crippen LogP contribution in [0.5, 0.6) is 0 Å². The lowest BCUT2D eigenvalue weighted by atomic mass is 10.0. The number of halogens is 1. The first kappa shape index (κ1) is 15.1. The van der Waals surface area contributed by atoms with Gasteiger partial charge in [0.15, 0.2) is 0 Å². The summed E-state index contributed by atoms with van der Waals surface area (Å²) in [5, 5.41) is 4.41. The van der Waals surface area contributed by atoms with Gasteiger partial charge in [-0.2, -0.15) is 0 Å². The van der Waals surface area contributed by atoms with Crippen molar-refractivity contribution in [3.8, 4) is 0 Å². The van der Waals surface area contributed by atoms with Crippen molar-refractivity contribution >= 4 is 11.6 Å². The summed E-state index contributed by atoms with van der Waals surface area (Å²) in [6.45, 7) is 6.54. The first-order chi connectivity index (χ1) is 9.60. The van der Waals surface area contributed by atoms with Gasteiger partial charge in [-0.15, -0.1) is 0 Å². The van der Waals surface area contributed by atoms with Crippen LogP contribution in [-0.2, 0) is 6.42 Å². The molecule has 0 aliphatic heterocycles. The summed E-state index contributed by atoms with van der Waals surface area (Å²) in [5.74, 6) is 0. The Bertz CT molecular complexity index is 548. The maximum Gasteiger partial charge on any atom is 0.0409 e. The molecule has 0 aromatic heterocycles. The molecule has 1 nitrogen and oxygen atoms in total. The van der Waals surface area contributed by atoms with Crippen molar-refractivity contribution in [2.24, 2.45) is 0 Å². The summed E-state index contributed by atoms with van der Waals surface area (Å²) in [4.78, 5) is 0. The SMILES string of the molecule is CCc1ccc(C(C)N[C@H](C)c2cccc(Cl)c2)cc1. The van der Waals surface area contributed by atoms with Crippen molar-refractivity contribution in [1.29, 1.82) is 0 Å². The van der Waals surface area contributed by atoms with Gasteiger partial charge in [-0.3, -0.25) is 0 Å². The molecular weight excluding hydrogens is 266 g/mol. The molecule has 0 fully saturated rings. The van der Waals surface area contributed by atoms with Gasteiger partial charge in [-0.1, -0.05) is 54.9 Å². The van der Waals surface area contributed by atoms with E-state index in [-0.39, 0.29) is 6.04 Å². The summed E-state index contributed by atoms with van der Waals surface area (Å²) in [6.07, 6.45) is 1.08. The second-order valence-electron chi connectivity index (χ2n) is 5.26. The van der Waals surface area contributed by atoms with E-state index in [0.29, 0.717) is 6.04 Å². The van der Waals surface area contributed by atoms with E-state index in [2.05, 4.69) is 56.4 Å². The van der Waals surface area contributed by atoms with Gasteiger partial charge in [0, 0.05) is 17.1 Å². The first-order valence-electron chi connectivity index (χ1n) is 7.20. The van der Waals surface area contributed by atoms with Gasteiger partial charge in [-0.25, -0.2) is 0 Å². The van der Waals surface area contributed by atoms with E-state index >= 15 is 0 Å². The van der Waals surface area contributed by atoms with Crippen LogP contribution < -0.4 is 5.32 Å². The molecule has 0 amide bonds. The molecule has 20 heavy (non-hydrogen) atoms. The third kappa shape index (κ3) is 3.84. The Labute approximate surface area is 127 Å². The van der Waals surface area contributed by atoms with E-state index in [4.69, 9.17) is 11.6 Å². The van der Waals surface area contributed by atoms with Gasteiger partial charge in [0.05, 0.1) is 0 Å². The predicted molar refractivity (Wildman–Crippen MR) is 87.2 cm³/mol. The van der Waals surface area contributed by atoms with Gasteiger partial charge in [-0.05, 0) is 49.1 Å². The largest absolute Gasteiger partial charge is 0.304 e. The molecule has 2 aromatic rings. The van der Waals surface area contributed by atoms with Crippen LogP contribution in [0.2, 0.25) is 5.02 Å². The summed E-state index contributed by atoms with van der Waals surface area (Å²) in [5.41, 5.74) is 3.91. The second-order valence-corrected chi connectivity index (χ2v) is 5.70. The van der Waals surface area contributed by atoms with Gasteiger partial charge in [0.1, 0.15) is 0 Å². The van der Waals surface area contributed by atoms with Crippen LogP contribution >= 0.6 is 11.6 Å². The molecule has 2 heteroatoms. The van der Waals surface area contributed by atoms with Crippen LogP contribution in [0.15, 0.2) is 48.5 Å². The molecule has 0 aliphatic carbocycles. The third-order valence-electron chi connectivity index (χ3n) is 3.74. The first-order valence-corrected chi connectivity index (χ1v) is 7.58. The maximum atomic E-state index is 6.05. The molecule has 0 radical (unpaired) electrons. The highest BCUT2D eigenvalue weighted by Crippen LogP contribution is 2.22. The molecule has 0 heterocycles. The lowest BCUT2D eigenvalue weighted by Gasteiger charge is -2.21. The molecule has 0 saturated carbocycles. The topological polar surface area (TPSA) is 12.0 Å². The molecule has 1 unspecified atom stereocenters. The standard InChI is InChI=1S/C18H22ClN/c1-4-15-8-10-16(11-9-15)13(2)20-14(3)17-6-5-7-18(19)12-17/h5-14,20H,4H2,1-3H3/t13?,14-/m1/s1. The zero-order chi connectivity index (χ0) is 14.5. The van der Waals surface area contributed by atoms with Crippen molar-refractivity contribution < 1.29 is 0 Å². The van der Waals surface area contributed by atoms with Crippen LogP contribution in [0.3, 0.4) is 0 Å². The monoisotopic (exact) mass is 287 g/mol. The Hall–Kier alpha value is -1.31. The van der Waals surface area contributed by atoms with E-state index in [1.165, 1.54) is 16.7 Å². The number of hydrogen-bond acceptors (Lipinski definition) is 1. The van der Waals surface area contributed by atoms with Gasteiger partial charge in [0.25, 0.3) is 0 Å². The van der Waals surface area contributed by atoms with Crippen molar-refractivity contribution in [3.05, 3.63) is 70.2 Å². The van der Waals surface area contributed by atoms with Gasteiger partial charge in [0.2, 0.25) is 0 Å². The Morgan fingerprint density at radius 1 is 0.950 bits per heavy atom. The molecule has 1 N–H and O–H groups in total. The fraction of sp³-hybridized carbons (Fsp3) is 0.333. The number of rotatable bonds is 5. The Morgan fingerprint density at radius 3 is 2.20 bits per heavy atom. The molecule has 0 saturated heterocycles. The number of aryl methyl sites for hydroxylation is 1. The van der Waals surface area contributed by atoms with E-state index in [9.17, 15) is 0 Å². The maximum absolute atomic E-state index is 6.05. The number of hydrogen-bond donors (Lipinski definition) is 1. The van der Waals surface area contributed by atoms with Crippen LogP contribution in [0.4, 0.5) is 0 Å². The lowest BCUT2D eigenvalue weighted by molar-refractivity contribution is 0.494. The van der Waals surface area contributed by atoms with E-state index in [0.717, 1.165) is 11.4 Å². The van der Waals surface area contributed by atoms with E-state index in [1.807, 2.05) is 18.2 Å². The summed E-state index contributed by atoms with van der Waals surface area (Å²) in [7, 11) is 0. The van der Waals surface area contributed by atoms with Crippen molar-refractivity contribution in [2.75, 3.05) is 0 Å². The highest BCUT2D eigenvalue weighted by atomic mass is 35.5. The third-order valence-corrected chi connectivity index (χ3v) is 3.97. The highest BCUT2D eigenvalue weighted by molar-refractivity contribution is 6.30. The average Bonchev–Trinajstić information content (AvgIpc) is 2.47. The molecule has 2 aromatic carbocycles. The molecule has 2 atom stereocenters. The minimum absolute atomic E-state index is 0.273. The minimum Gasteiger partial charge on any atom is -0.304 e. The average molecular weight is 288 g/mol. The number of nitrogens with one attached hydrogen (secondary N) is 1. The van der Waals surface area contributed by atoms with Crippen LogP contribution in [0, 0.1) is 0 Å². The van der Waals surface area contributed by atoms with Crippen molar-refractivity contribution in [2.45, 2.75) is 39.3 Å². The van der Waals surface area contributed by atoms with Crippen LogP contribution in [-0.4, -0.2) is 0 Å². The van der Waals surface area contributed by atoms with E-state index in [1.54, 1.807) is 0 Å². The van der Waals surface area contributed by atoms with Crippen LogP contribution in [0.1, 0.15) is 49.5 Å².